The first-order valence-electron chi connectivity index (χ1n) is 5.67. The van der Waals surface area contributed by atoms with Gasteiger partial charge in [-0.1, -0.05) is 12.1 Å². The second-order valence-corrected chi connectivity index (χ2v) is 4.34. The Hall–Kier alpha value is -1.81. The van der Waals surface area contributed by atoms with Crippen LogP contribution in [-0.2, 0) is 5.60 Å². The SMILES string of the molecule is Cc1cccc2c1C(O)(c1ncc[nH]1)CCO2. The fourth-order valence-electron chi connectivity index (χ4n) is 2.45. The number of imidazole rings is 1. The number of nitrogens with one attached hydrogen (secondary N) is 1. The molecule has 0 spiro atoms. The predicted octanol–water partition coefficient (Wildman–Crippen LogP) is 1.74. The van der Waals surface area contributed by atoms with E-state index < -0.39 is 5.60 Å². The molecule has 2 N–H and O–H groups in total. The Bertz CT molecular complexity index is 536. The van der Waals surface area contributed by atoms with Gasteiger partial charge in [-0.25, -0.2) is 4.98 Å². The summed E-state index contributed by atoms with van der Waals surface area (Å²) in [5.41, 5.74) is 0.768. The lowest BCUT2D eigenvalue weighted by atomic mass is 9.84. The number of aromatic nitrogens is 2. The van der Waals surface area contributed by atoms with Crippen LogP contribution in [0.1, 0.15) is 23.4 Å². The molecule has 0 saturated heterocycles. The van der Waals surface area contributed by atoms with Gasteiger partial charge >= 0.3 is 0 Å². The van der Waals surface area contributed by atoms with E-state index in [1.165, 1.54) is 0 Å². The van der Waals surface area contributed by atoms with E-state index in [-0.39, 0.29) is 0 Å². The molecule has 2 aromatic rings. The lowest BCUT2D eigenvalue weighted by Crippen LogP contribution is -2.35. The van der Waals surface area contributed by atoms with E-state index in [9.17, 15) is 5.11 Å². The second-order valence-electron chi connectivity index (χ2n) is 4.34. The maximum absolute atomic E-state index is 10.9. The third kappa shape index (κ3) is 1.45. The maximum atomic E-state index is 10.9. The molecular formula is C13H14N2O2. The van der Waals surface area contributed by atoms with Crippen LogP contribution < -0.4 is 4.74 Å². The number of H-pyrrole nitrogens is 1. The number of hydrogen-bond acceptors (Lipinski definition) is 3. The van der Waals surface area contributed by atoms with Crippen LogP contribution in [0.3, 0.4) is 0 Å². The molecule has 1 unspecified atom stereocenters. The van der Waals surface area contributed by atoms with E-state index in [0.29, 0.717) is 18.9 Å². The van der Waals surface area contributed by atoms with Gasteiger partial charge in [-0.15, -0.1) is 0 Å². The van der Waals surface area contributed by atoms with Crippen LogP contribution in [0.4, 0.5) is 0 Å². The molecule has 1 atom stereocenters. The molecule has 1 aliphatic rings. The molecule has 3 rings (SSSR count). The van der Waals surface area contributed by atoms with E-state index >= 15 is 0 Å². The zero-order valence-corrected chi connectivity index (χ0v) is 9.60. The van der Waals surface area contributed by atoms with E-state index in [0.717, 1.165) is 16.9 Å². The van der Waals surface area contributed by atoms with Crippen LogP contribution in [0, 0.1) is 6.92 Å². The molecule has 0 bridgehead atoms. The molecule has 2 heterocycles. The van der Waals surface area contributed by atoms with Crippen molar-refractivity contribution >= 4 is 0 Å². The fraction of sp³-hybridized carbons (Fsp3) is 0.308. The van der Waals surface area contributed by atoms with Gasteiger partial charge in [-0.2, -0.15) is 0 Å². The molecule has 88 valence electrons. The third-order valence-corrected chi connectivity index (χ3v) is 3.26. The predicted molar refractivity (Wildman–Crippen MR) is 62.9 cm³/mol. The molecule has 1 aliphatic heterocycles. The summed E-state index contributed by atoms with van der Waals surface area (Å²) in [6.07, 6.45) is 3.89. The van der Waals surface area contributed by atoms with Crippen molar-refractivity contribution in [2.45, 2.75) is 18.9 Å². The first kappa shape index (κ1) is 10.4. The Morgan fingerprint density at radius 3 is 3.12 bits per heavy atom. The van der Waals surface area contributed by atoms with E-state index in [1.807, 2.05) is 25.1 Å². The normalized spacial score (nSPS) is 22.9. The summed E-state index contributed by atoms with van der Waals surface area (Å²) in [4.78, 5) is 7.19. The topological polar surface area (TPSA) is 58.1 Å². The first-order valence-corrected chi connectivity index (χ1v) is 5.67. The zero-order chi connectivity index (χ0) is 11.9. The number of fused-ring (bicyclic) bond motifs is 1. The number of ether oxygens (including phenoxy) is 1. The van der Waals surface area contributed by atoms with Crippen LogP contribution in [0.5, 0.6) is 5.75 Å². The Balaban J connectivity index is 2.23. The average Bonchev–Trinajstić information content (AvgIpc) is 2.83. The van der Waals surface area contributed by atoms with Crippen LogP contribution in [0.25, 0.3) is 0 Å². The Morgan fingerprint density at radius 2 is 2.35 bits per heavy atom. The molecule has 4 heteroatoms. The van der Waals surface area contributed by atoms with Gasteiger partial charge in [0.1, 0.15) is 11.6 Å². The Morgan fingerprint density at radius 1 is 1.47 bits per heavy atom. The van der Waals surface area contributed by atoms with Crippen molar-refractivity contribution in [2.24, 2.45) is 0 Å². The summed E-state index contributed by atoms with van der Waals surface area (Å²) in [5.74, 6) is 1.33. The van der Waals surface area contributed by atoms with Crippen LogP contribution in [0.15, 0.2) is 30.6 Å². The average molecular weight is 230 g/mol. The maximum Gasteiger partial charge on any atom is 0.154 e. The first-order chi connectivity index (χ1) is 8.22. The molecule has 0 fully saturated rings. The van der Waals surface area contributed by atoms with Crippen molar-refractivity contribution in [1.29, 1.82) is 0 Å². The van der Waals surface area contributed by atoms with Crippen molar-refractivity contribution in [2.75, 3.05) is 6.61 Å². The molecule has 0 saturated carbocycles. The van der Waals surface area contributed by atoms with Crippen LogP contribution >= 0.6 is 0 Å². The van der Waals surface area contributed by atoms with Gasteiger partial charge in [0.05, 0.1) is 6.61 Å². The molecule has 17 heavy (non-hydrogen) atoms. The van der Waals surface area contributed by atoms with Crippen molar-refractivity contribution in [1.82, 2.24) is 9.97 Å². The molecule has 0 radical (unpaired) electrons. The minimum Gasteiger partial charge on any atom is -0.493 e. The summed E-state index contributed by atoms with van der Waals surface area (Å²) in [7, 11) is 0. The standard InChI is InChI=1S/C13H14N2O2/c1-9-3-2-4-10-11(9)13(16,5-8-17-10)12-14-6-7-15-12/h2-4,6-7,16H,5,8H2,1H3,(H,14,15). The number of aryl methyl sites for hydroxylation is 1. The fourth-order valence-corrected chi connectivity index (χ4v) is 2.45. The number of aliphatic hydroxyl groups is 1. The highest BCUT2D eigenvalue weighted by Gasteiger charge is 2.40. The molecule has 0 aliphatic carbocycles. The molecule has 4 nitrogen and oxygen atoms in total. The largest absolute Gasteiger partial charge is 0.493 e. The minimum atomic E-state index is -1.07. The van der Waals surface area contributed by atoms with Gasteiger partial charge in [-0.05, 0) is 18.6 Å². The van der Waals surface area contributed by atoms with Gasteiger partial charge < -0.3 is 14.8 Å². The summed E-state index contributed by atoms with van der Waals surface area (Å²) in [5, 5.41) is 10.9. The van der Waals surface area contributed by atoms with E-state index in [1.54, 1.807) is 12.4 Å². The highest BCUT2D eigenvalue weighted by Crippen LogP contribution is 2.41. The quantitative estimate of drug-likeness (QED) is 0.784. The number of rotatable bonds is 1. The number of aromatic amines is 1. The molecule has 1 aromatic heterocycles. The van der Waals surface area contributed by atoms with Crippen molar-refractivity contribution in [3.8, 4) is 5.75 Å². The van der Waals surface area contributed by atoms with Gasteiger partial charge in [0.25, 0.3) is 0 Å². The van der Waals surface area contributed by atoms with Gasteiger partial charge in [0.2, 0.25) is 0 Å². The summed E-state index contributed by atoms with van der Waals surface area (Å²) >= 11 is 0. The highest BCUT2D eigenvalue weighted by atomic mass is 16.5. The minimum absolute atomic E-state index is 0.494. The second kappa shape index (κ2) is 3.60. The Labute approximate surface area is 99.3 Å². The van der Waals surface area contributed by atoms with E-state index in [4.69, 9.17) is 4.74 Å². The number of nitrogens with zero attached hydrogens (tertiary/aromatic N) is 1. The van der Waals surface area contributed by atoms with Crippen molar-refractivity contribution in [3.63, 3.8) is 0 Å². The smallest absolute Gasteiger partial charge is 0.154 e. The molecular weight excluding hydrogens is 216 g/mol. The summed E-state index contributed by atoms with van der Waals surface area (Å²) in [6, 6.07) is 5.79. The van der Waals surface area contributed by atoms with Crippen LogP contribution in [0.2, 0.25) is 0 Å². The summed E-state index contributed by atoms with van der Waals surface area (Å²) in [6.45, 7) is 2.47. The Kier molecular flexibility index (Phi) is 2.19. The molecule has 0 amide bonds. The monoisotopic (exact) mass is 230 g/mol. The van der Waals surface area contributed by atoms with Gasteiger partial charge in [0.15, 0.2) is 5.60 Å². The summed E-state index contributed by atoms with van der Waals surface area (Å²) < 4.78 is 5.60. The van der Waals surface area contributed by atoms with Gasteiger partial charge in [0, 0.05) is 24.4 Å². The van der Waals surface area contributed by atoms with E-state index in [2.05, 4.69) is 9.97 Å². The number of benzene rings is 1. The highest BCUT2D eigenvalue weighted by molar-refractivity contribution is 5.48. The van der Waals surface area contributed by atoms with Crippen molar-refractivity contribution < 1.29 is 9.84 Å². The molecule has 1 aromatic carbocycles. The zero-order valence-electron chi connectivity index (χ0n) is 9.60. The van der Waals surface area contributed by atoms with Crippen molar-refractivity contribution in [3.05, 3.63) is 47.5 Å². The number of hydrogen-bond donors (Lipinski definition) is 2. The lowest BCUT2D eigenvalue weighted by Gasteiger charge is -2.34. The van der Waals surface area contributed by atoms with Gasteiger partial charge in [-0.3, -0.25) is 0 Å². The van der Waals surface area contributed by atoms with Crippen LogP contribution in [-0.4, -0.2) is 21.7 Å². The lowest BCUT2D eigenvalue weighted by molar-refractivity contribution is 0.0271. The third-order valence-electron chi connectivity index (χ3n) is 3.26.